The second kappa shape index (κ2) is 15.7. The van der Waals surface area contributed by atoms with E-state index in [1.807, 2.05) is 19.1 Å². The lowest BCUT2D eigenvalue weighted by atomic mass is 10.1. The SMILES string of the molecule is CCCC1(S(=O)(=O)NC(=O)C2(CNC(=O)c3ccc(NC4N=C(OCC(F)(F)F)NC(=NCCCSc5ccc(Cl)cc5)N4)cc3)CC2)CC1. The number of carbonyl (C=O) groups excluding carboxylic acids is 2. The van der Waals surface area contributed by atoms with Crippen LogP contribution in [-0.2, 0) is 19.6 Å². The second-order valence-corrected chi connectivity index (χ2v) is 16.1. The third-order valence-electron chi connectivity index (χ3n) is 8.46. The molecule has 0 saturated heterocycles. The van der Waals surface area contributed by atoms with Crippen LogP contribution in [0, 0.1) is 5.41 Å². The maximum Gasteiger partial charge on any atom is 0.422 e. The Morgan fingerprint density at radius 1 is 1.10 bits per heavy atom. The van der Waals surface area contributed by atoms with E-state index in [2.05, 4.69) is 36.0 Å². The summed E-state index contributed by atoms with van der Waals surface area (Å²) in [5.74, 6) is -0.118. The Bertz CT molecular complexity index is 1700. The van der Waals surface area contributed by atoms with Gasteiger partial charge in [-0.25, -0.2) is 8.42 Å². The van der Waals surface area contributed by atoms with E-state index in [0.717, 1.165) is 10.6 Å². The van der Waals surface area contributed by atoms with Crippen LogP contribution in [0.25, 0.3) is 0 Å². The molecular formula is C32H39ClF3N7O5S2. The molecule has 2 fully saturated rings. The van der Waals surface area contributed by atoms with E-state index in [-0.39, 0.29) is 24.1 Å². The van der Waals surface area contributed by atoms with Crippen molar-refractivity contribution in [3.8, 4) is 0 Å². The van der Waals surface area contributed by atoms with Crippen molar-refractivity contribution in [2.45, 2.75) is 74.0 Å². The Hall–Kier alpha value is -3.70. The maximum atomic E-state index is 12.9. The van der Waals surface area contributed by atoms with Crippen molar-refractivity contribution in [2.24, 2.45) is 15.4 Å². The molecule has 2 aromatic carbocycles. The van der Waals surface area contributed by atoms with Crippen molar-refractivity contribution < 1.29 is 35.9 Å². The molecule has 3 aliphatic rings. The van der Waals surface area contributed by atoms with Gasteiger partial charge in [-0.3, -0.25) is 24.6 Å². The molecule has 272 valence electrons. The first-order valence-corrected chi connectivity index (χ1v) is 19.0. The number of amidine groups is 1. The van der Waals surface area contributed by atoms with Gasteiger partial charge in [0, 0.05) is 34.3 Å². The normalized spacial score (nSPS) is 19.7. The fourth-order valence-electron chi connectivity index (χ4n) is 5.25. The molecular weight excluding hydrogens is 719 g/mol. The van der Waals surface area contributed by atoms with Gasteiger partial charge in [-0.1, -0.05) is 24.9 Å². The molecule has 0 bridgehead atoms. The summed E-state index contributed by atoms with van der Waals surface area (Å²) in [6.07, 6.45) is -1.64. The number of halogens is 4. The molecule has 2 aliphatic carbocycles. The minimum atomic E-state index is -4.57. The third kappa shape index (κ3) is 10.2. The molecule has 1 aliphatic heterocycles. The van der Waals surface area contributed by atoms with Gasteiger partial charge in [0.2, 0.25) is 28.2 Å². The van der Waals surface area contributed by atoms with Crippen LogP contribution in [0.3, 0.4) is 0 Å². The van der Waals surface area contributed by atoms with Crippen LogP contribution in [0.1, 0.15) is 62.2 Å². The van der Waals surface area contributed by atoms with E-state index >= 15 is 0 Å². The second-order valence-electron chi connectivity index (χ2n) is 12.4. The van der Waals surface area contributed by atoms with Gasteiger partial charge >= 0.3 is 6.18 Å². The summed E-state index contributed by atoms with van der Waals surface area (Å²) in [4.78, 5) is 35.4. The summed E-state index contributed by atoms with van der Waals surface area (Å²) in [5.41, 5.74) is -0.191. The molecule has 50 heavy (non-hydrogen) atoms. The predicted molar refractivity (Wildman–Crippen MR) is 187 cm³/mol. The number of amides is 2. The van der Waals surface area contributed by atoms with Crippen molar-refractivity contribution in [3.63, 3.8) is 0 Å². The van der Waals surface area contributed by atoms with Gasteiger partial charge in [-0.15, -0.1) is 11.8 Å². The summed E-state index contributed by atoms with van der Waals surface area (Å²) in [6, 6.07) is 13.3. The van der Waals surface area contributed by atoms with Crippen molar-refractivity contribution in [2.75, 3.05) is 30.8 Å². The molecule has 2 amide bonds. The highest BCUT2D eigenvalue weighted by molar-refractivity contribution is 7.99. The van der Waals surface area contributed by atoms with E-state index in [4.69, 9.17) is 16.3 Å². The molecule has 5 N–H and O–H groups in total. The summed E-state index contributed by atoms with van der Waals surface area (Å²) in [7, 11) is -3.80. The minimum Gasteiger partial charge on any atom is -0.455 e. The molecule has 0 radical (unpaired) electrons. The predicted octanol–water partition coefficient (Wildman–Crippen LogP) is 4.99. The zero-order chi connectivity index (χ0) is 36.0. The zero-order valence-corrected chi connectivity index (χ0v) is 29.6. The number of nitrogens with one attached hydrogen (secondary N) is 5. The Morgan fingerprint density at radius 3 is 2.42 bits per heavy atom. The number of alkyl halides is 3. The van der Waals surface area contributed by atoms with Crippen LogP contribution >= 0.6 is 23.4 Å². The molecule has 2 saturated carbocycles. The van der Waals surface area contributed by atoms with Gasteiger partial charge in [0.25, 0.3) is 11.9 Å². The van der Waals surface area contributed by atoms with Crippen LogP contribution in [-0.4, -0.2) is 74.9 Å². The van der Waals surface area contributed by atoms with E-state index < -0.39 is 51.1 Å². The monoisotopic (exact) mass is 757 g/mol. The van der Waals surface area contributed by atoms with E-state index in [1.54, 1.807) is 36.0 Å². The summed E-state index contributed by atoms with van der Waals surface area (Å²) in [6.45, 7) is 0.725. The van der Waals surface area contributed by atoms with Gasteiger partial charge in [0.15, 0.2) is 6.61 Å². The van der Waals surface area contributed by atoms with E-state index in [0.29, 0.717) is 62.2 Å². The number of guanidine groups is 1. The average Bonchev–Trinajstić information content (AvgIpc) is 4.00. The number of rotatable bonds is 16. The molecule has 1 heterocycles. The molecule has 0 aromatic heterocycles. The molecule has 5 rings (SSSR count). The fraction of sp³-hybridized carbons (Fsp3) is 0.500. The van der Waals surface area contributed by atoms with Gasteiger partial charge < -0.3 is 20.7 Å². The summed E-state index contributed by atoms with van der Waals surface area (Å²) < 4.78 is 70.5. The zero-order valence-electron chi connectivity index (χ0n) is 27.2. The Kier molecular flexibility index (Phi) is 11.8. The number of nitrogens with zero attached hydrogens (tertiary/aromatic N) is 2. The molecule has 18 heteroatoms. The van der Waals surface area contributed by atoms with Gasteiger partial charge in [0.05, 0.1) is 10.2 Å². The van der Waals surface area contributed by atoms with Crippen molar-refractivity contribution in [1.29, 1.82) is 0 Å². The Morgan fingerprint density at radius 2 is 1.80 bits per heavy atom. The molecule has 1 atom stereocenters. The highest BCUT2D eigenvalue weighted by Crippen LogP contribution is 2.49. The van der Waals surface area contributed by atoms with Crippen molar-refractivity contribution >= 4 is 62.9 Å². The molecule has 1 unspecified atom stereocenters. The van der Waals surface area contributed by atoms with Gasteiger partial charge in [0.1, 0.15) is 0 Å². The highest BCUT2D eigenvalue weighted by atomic mass is 35.5. The first-order valence-electron chi connectivity index (χ1n) is 16.2. The number of carbonyl (C=O) groups is 2. The number of hydrogen-bond acceptors (Lipinski definition) is 9. The van der Waals surface area contributed by atoms with Crippen molar-refractivity contribution in [3.05, 3.63) is 59.1 Å². The Balaban J connectivity index is 1.13. The number of anilines is 1. The Labute approximate surface area is 297 Å². The number of aliphatic imine (C=N–C) groups is 2. The van der Waals surface area contributed by atoms with Gasteiger partial charge in [-0.05, 0) is 92.8 Å². The quantitative estimate of drug-likeness (QED) is 0.117. The van der Waals surface area contributed by atoms with Crippen LogP contribution in [0.5, 0.6) is 0 Å². The first kappa shape index (κ1) is 37.6. The third-order valence-corrected chi connectivity index (χ3v) is 12.0. The number of hydrogen-bond donors (Lipinski definition) is 5. The topological polar surface area (TPSA) is 162 Å². The number of benzene rings is 2. The van der Waals surface area contributed by atoms with Crippen LogP contribution in [0.15, 0.2) is 63.4 Å². The molecule has 12 nitrogen and oxygen atoms in total. The lowest BCUT2D eigenvalue weighted by Gasteiger charge is -2.26. The van der Waals surface area contributed by atoms with Crippen LogP contribution in [0.2, 0.25) is 5.02 Å². The van der Waals surface area contributed by atoms with Crippen molar-refractivity contribution in [1.82, 2.24) is 20.7 Å². The molecule has 0 spiro atoms. The summed E-state index contributed by atoms with van der Waals surface area (Å²) in [5, 5.41) is 12.0. The number of ether oxygens (including phenoxy) is 1. The van der Waals surface area contributed by atoms with Gasteiger partial charge in [-0.2, -0.15) is 18.2 Å². The average molecular weight is 758 g/mol. The van der Waals surface area contributed by atoms with E-state index in [9.17, 15) is 31.2 Å². The van der Waals surface area contributed by atoms with E-state index in [1.165, 1.54) is 12.1 Å². The minimum absolute atomic E-state index is 0.00962. The fourth-order valence-corrected chi connectivity index (χ4v) is 8.00. The number of sulfonamides is 1. The van der Waals surface area contributed by atoms with Crippen LogP contribution in [0.4, 0.5) is 18.9 Å². The smallest absolute Gasteiger partial charge is 0.422 e. The lowest BCUT2D eigenvalue weighted by Crippen LogP contribution is -2.54. The maximum absolute atomic E-state index is 12.9. The first-order chi connectivity index (χ1) is 23.7. The largest absolute Gasteiger partial charge is 0.455 e. The number of thioether (sulfide) groups is 1. The lowest BCUT2D eigenvalue weighted by molar-refractivity contribution is -0.156. The van der Waals surface area contributed by atoms with Crippen LogP contribution < -0.4 is 26.0 Å². The molecule has 2 aromatic rings. The standard InChI is InChI=1S/C32H39ClF3N7O5S2/c1-2-12-31(15-16-31)50(46,47)43-26(45)30(13-14-30)19-38-25(44)21-4-8-23(9-5-21)39-28-40-27(41-29(42-28)48-20-32(34,35)36)37-17-3-18-49-24-10-6-22(33)7-11-24/h4-11,28,39H,2-3,12-20H2,1H3,(H,38,44)(H,43,45)(H2,37,40,41,42). The highest BCUT2D eigenvalue weighted by Gasteiger charge is 2.57. The summed E-state index contributed by atoms with van der Waals surface area (Å²) >= 11 is 7.55.